The van der Waals surface area contributed by atoms with Crippen molar-refractivity contribution in [3.8, 4) is 11.1 Å². The van der Waals surface area contributed by atoms with Gasteiger partial charge < -0.3 is 4.90 Å². The molecule has 4 aromatic rings. The van der Waals surface area contributed by atoms with Crippen LogP contribution in [-0.2, 0) is 0 Å². The lowest BCUT2D eigenvalue weighted by Crippen LogP contribution is -2.08. The topological polar surface area (TPSA) is 3.24 Å². The molecule has 0 amide bonds. The Morgan fingerprint density at radius 3 is 1.63 bits per heavy atom. The molecule has 150 valence electrons. The molecule has 0 fully saturated rings. The van der Waals surface area contributed by atoms with Gasteiger partial charge in [-0.05, 0) is 54.8 Å². The molecule has 0 N–H and O–H groups in total. The molecule has 0 aliphatic rings. The summed E-state index contributed by atoms with van der Waals surface area (Å²) in [6.45, 7) is 4.18. The number of benzene rings is 4. The van der Waals surface area contributed by atoms with E-state index in [1.165, 1.54) is 33.6 Å². The maximum absolute atomic E-state index is 2.24. The SMILES string of the molecule is C/C=C/c1ccc(C)cc1-c1ccccc1.CN(c1ccccc1)c1ccccc1. The highest BCUT2D eigenvalue weighted by Gasteiger charge is 2.02. The average Bonchev–Trinajstić information content (AvgIpc) is 2.82. The van der Waals surface area contributed by atoms with Crippen molar-refractivity contribution in [2.75, 3.05) is 11.9 Å². The molecule has 0 bridgehead atoms. The Bertz CT molecular complexity index is 1010. The second kappa shape index (κ2) is 10.8. The van der Waals surface area contributed by atoms with Crippen LogP contribution < -0.4 is 4.90 Å². The predicted octanol–water partition coefficient (Wildman–Crippen LogP) is 8.15. The summed E-state index contributed by atoms with van der Waals surface area (Å²) in [5.74, 6) is 0. The number of allylic oxidation sites excluding steroid dienone is 1. The van der Waals surface area contributed by atoms with Gasteiger partial charge >= 0.3 is 0 Å². The lowest BCUT2D eigenvalue weighted by atomic mass is 9.97. The third-order valence-electron chi connectivity index (χ3n) is 4.93. The highest BCUT2D eigenvalue weighted by Crippen LogP contribution is 2.26. The van der Waals surface area contributed by atoms with E-state index in [9.17, 15) is 0 Å². The van der Waals surface area contributed by atoms with Crippen LogP contribution >= 0.6 is 0 Å². The average molecular weight is 392 g/mol. The van der Waals surface area contributed by atoms with Crippen molar-refractivity contribution in [3.05, 3.63) is 126 Å². The van der Waals surface area contributed by atoms with Gasteiger partial charge in [0.15, 0.2) is 0 Å². The van der Waals surface area contributed by atoms with Crippen LogP contribution in [0.2, 0.25) is 0 Å². The molecular weight excluding hydrogens is 362 g/mol. The molecule has 0 saturated heterocycles. The van der Waals surface area contributed by atoms with Gasteiger partial charge in [-0.15, -0.1) is 0 Å². The van der Waals surface area contributed by atoms with E-state index in [-0.39, 0.29) is 0 Å². The maximum Gasteiger partial charge on any atom is 0.0408 e. The minimum atomic E-state index is 1.21. The van der Waals surface area contributed by atoms with Crippen LogP contribution in [0.15, 0.2) is 115 Å². The lowest BCUT2D eigenvalue weighted by Gasteiger charge is -2.18. The third kappa shape index (κ3) is 5.71. The highest BCUT2D eigenvalue weighted by molar-refractivity contribution is 5.75. The van der Waals surface area contributed by atoms with Gasteiger partial charge in [0.05, 0.1) is 0 Å². The van der Waals surface area contributed by atoms with Crippen molar-refractivity contribution >= 4 is 17.5 Å². The summed E-state index contributed by atoms with van der Waals surface area (Å²) in [5, 5.41) is 0. The second-order valence-electron chi connectivity index (χ2n) is 7.19. The first-order valence-electron chi connectivity index (χ1n) is 10.3. The summed E-state index contributed by atoms with van der Waals surface area (Å²) in [6, 6.07) is 37.8. The van der Waals surface area contributed by atoms with E-state index < -0.39 is 0 Å². The van der Waals surface area contributed by atoms with Gasteiger partial charge in [-0.3, -0.25) is 0 Å². The second-order valence-corrected chi connectivity index (χ2v) is 7.19. The predicted molar refractivity (Wildman–Crippen MR) is 132 cm³/mol. The summed E-state index contributed by atoms with van der Waals surface area (Å²) in [4.78, 5) is 2.17. The summed E-state index contributed by atoms with van der Waals surface area (Å²) in [6.07, 6.45) is 4.23. The standard InChI is InChI=1S/C16H16.C13H13N/c1-3-7-14-11-10-13(2)12-16(14)15-8-5-4-6-9-15;1-14(12-8-4-2-5-9-12)13-10-6-3-7-11-13/h3-12H,1-2H3;2-11H,1H3/b7-3+;. The van der Waals surface area contributed by atoms with Gasteiger partial charge in [0.2, 0.25) is 0 Å². The number of anilines is 2. The molecule has 0 spiro atoms. The van der Waals surface area contributed by atoms with Crippen LogP contribution in [0.3, 0.4) is 0 Å². The first-order chi connectivity index (χ1) is 14.7. The van der Waals surface area contributed by atoms with Crippen molar-refractivity contribution in [1.82, 2.24) is 0 Å². The molecule has 0 aromatic heterocycles. The fourth-order valence-corrected chi connectivity index (χ4v) is 3.31. The van der Waals surface area contributed by atoms with Crippen molar-refractivity contribution in [2.24, 2.45) is 0 Å². The van der Waals surface area contributed by atoms with Gasteiger partial charge in [0.25, 0.3) is 0 Å². The Kier molecular flexibility index (Phi) is 7.63. The first-order valence-corrected chi connectivity index (χ1v) is 10.3. The molecule has 1 nitrogen and oxygen atoms in total. The Labute approximate surface area is 181 Å². The van der Waals surface area contributed by atoms with E-state index in [4.69, 9.17) is 0 Å². The Hall–Kier alpha value is -3.58. The van der Waals surface area contributed by atoms with E-state index in [1.54, 1.807) is 0 Å². The largest absolute Gasteiger partial charge is 0.345 e. The number of rotatable bonds is 4. The van der Waals surface area contributed by atoms with Gasteiger partial charge in [0, 0.05) is 18.4 Å². The van der Waals surface area contributed by atoms with E-state index in [2.05, 4.69) is 135 Å². The van der Waals surface area contributed by atoms with Crippen LogP contribution in [0.1, 0.15) is 18.1 Å². The van der Waals surface area contributed by atoms with Gasteiger partial charge in [0.1, 0.15) is 0 Å². The number of nitrogens with zero attached hydrogens (tertiary/aromatic N) is 1. The number of hydrogen-bond acceptors (Lipinski definition) is 1. The van der Waals surface area contributed by atoms with Gasteiger partial charge in [-0.25, -0.2) is 0 Å². The summed E-state index contributed by atoms with van der Waals surface area (Å²) in [5.41, 5.74) is 7.57. The van der Waals surface area contributed by atoms with Gasteiger partial charge in [-0.2, -0.15) is 0 Å². The van der Waals surface area contributed by atoms with Crippen LogP contribution in [-0.4, -0.2) is 7.05 Å². The van der Waals surface area contributed by atoms with Crippen LogP contribution in [0.25, 0.3) is 17.2 Å². The molecule has 4 aromatic carbocycles. The molecule has 0 aliphatic carbocycles. The molecule has 4 rings (SSSR count). The Balaban J connectivity index is 0.000000172. The molecule has 0 radical (unpaired) electrons. The first kappa shape index (κ1) is 21.1. The van der Waals surface area contributed by atoms with Crippen molar-refractivity contribution < 1.29 is 0 Å². The minimum Gasteiger partial charge on any atom is -0.345 e. The summed E-state index contributed by atoms with van der Waals surface area (Å²) >= 11 is 0. The fourth-order valence-electron chi connectivity index (χ4n) is 3.31. The molecular formula is C29H29N. The summed E-state index contributed by atoms with van der Waals surface area (Å²) in [7, 11) is 2.07. The lowest BCUT2D eigenvalue weighted by molar-refractivity contribution is 1.21. The van der Waals surface area contributed by atoms with E-state index in [0.29, 0.717) is 0 Å². The van der Waals surface area contributed by atoms with E-state index >= 15 is 0 Å². The van der Waals surface area contributed by atoms with Crippen LogP contribution in [0, 0.1) is 6.92 Å². The number of aryl methyl sites for hydroxylation is 1. The molecule has 0 aliphatic heterocycles. The van der Waals surface area contributed by atoms with Crippen molar-refractivity contribution in [3.63, 3.8) is 0 Å². The summed E-state index contributed by atoms with van der Waals surface area (Å²) < 4.78 is 0. The number of para-hydroxylation sites is 2. The molecule has 1 heteroatoms. The van der Waals surface area contributed by atoms with Crippen LogP contribution in [0.4, 0.5) is 11.4 Å². The van der Waals surface area contributed by atoms with E-state index in [0.717, 1.165) is 0 Å². The molecule has 30 heavy (non-hydrogen) atoms. The number of hydrogen-bond donors (Lipinski definition) is 0. The molecule has 0 atom stereocenters. The fraction of sp³-hybridized carbons (Fsp3) is 0.103. The molecule has 0 heterocycles. The van der Waals surface area contributed by atoms with Crippen molar-refractivity contribution in [1.29, 1.82) is 0 Å². The molecule has 0 unspecified atom stereocenters. The third-order valence-corrected chi connectivity index (χ3v) is 4.93. The smallest absolute Gasteiger partial charge is 0.0408 e. The monoisotopic (exact) mass is 391 g/mol. The zero-order valence-corrected chi connectivity index (χ0v) is 18.0. The van der Waals surface area contributed by atoms with Crippen molar-refractivity contribution in [2.45, 2.75) is 13.8 Å². The highest BCUT2D eigenvalue weighted by atomic mass is 15.1. The van der Waals surface area contributed by atoms with E-state index in [1.807, 2.05) is 12.1 Å². The maximum atomic E-state index is 2.24. The Morgan fingerprint density at radius 1 is 0.633 bits per heavy atom. The normalized spacial score (nSPS) is 10.4. The molecule has 0 saturated carbocycles. The quantitative estimate of drug-likeness (QED) is 0.339. The zero-order chi connectivity index (χ0) is 21.2. The van der Waals surface area contributed by atoms with Gasteiger partial charge in [-0.1, -0.05) is 103 Å². The van der Waals surface area contributed by atoms with Crippen LogP contribution in [0.5, 0.6) is 0 Å². The minimum absolute atomic E-state index is 1.21. The Morgan fingerprint density at radius 2 is 1.13 bits per heavy atom. The zero-order valence-electron chi connectivity index (χ0n) is 18.0.